The van der Waals surface area contributed by atoms with E-state index >= 15 is 0 Å². The van der Waals surface area contributed by atoms with Gasteiger partial charge in [-0.3, -0.25) is 0 Å². The Labute approximate surface area is 56.6 Å². The first-order valence-corrected chi connectivity index (χ1v) is 3.25. The predicted molar refractivity (Wildman–Crippen MR) is 34.8 cm³/mol. The molecule has 2 heterocycles. The van der Waals surface area contributed by atoms with E-state index in [1.807, 2.05) is 12.1 Å². The summed E-state index contributed by atoms with van der Waals surface area (Å²) in [6.45, 7) is 0. The van der Waals surface area contributed by atoms with Crippen molar-refractivity contribution in [1.29, 1.82) is 0 Å². The van der Waals surface area contributed by atoms with Gasteiger partial charge < -0.3 is 0 Å². The quantitative estimate of drug-likeness (QED) is 0.553. The molecule has 3 nitrogen and oxygen atoms in total. The normalized spacial score (nSPS) is 14.7. The van der Waals surface area contributed by atoms with Crippen LogP contribution in [0.15, 0.2) is 23.2 Å². The first-order valence-electron chi connectivity index (χ1n) is 2.51. The smallest absolute Gasteiger partial charge is 0.166 e. The summed E-state index contributed by atoms with van der Waals surface area (Å²) in [7, 11) is 0. The van der Waals surface area contributed by atoms with Gasteiger partial charge in [-0.2, -0.15) is 4.28 Å². The number of pyridine rings is 1. The Morgan fingerprint density at radius 2 is 2.67 bits per heavy atom. The molecule has 1 aliphatic heterocycles. The van der Waals surface area contributed by atoms with E-state index in [-0.39, 0.29) is 0 Å². The van der Waals surface area contributed by atoms with Crippen LogP contribution in [0.2, 0.25) is 0 Å². The second kappa shape index (κ2) is 1.89. The topological polar surface area (TPSA) is 34.1 Å². The molecule has 46 valence electrons. The molecule has 1 aliphatic rings. The minimum absolute atomic E-state index is 0.808. The average Bonchev–Trinajstić information content (AvgIpc) is 2.33. The number of aromatic nitrogens is 1. The van der Waals surface area contributed by atoms with Crippen LogP contribution in [0.1, 0.15) is 0 Å². The number of anilines is 1. The Morgan fingerprint density at radius 1 is 1.67 bits per heavy atom. The molecular weight excluding hydrogens is 136 g/mol. The second-order valence-electron chi connectivity index (χ2n) is 1.62. The lowest BCUT2D eigenvalue weighted by Crippen LogP contribution is -1.87. The fraction of sp³-hybridized carbons (Fsp3) is 0. The Kier molecular flexibility index (Phi) is 1.07. The molecular formula is C5H4N2OS. The summed E-state index contributed by atoms with van der Waals surface area (Å²) in [5.74, 6) is 0.808. The van der Waals surface area contributed by atoms with Gasteiger partial charge in [-0.15, -0.1) is 0 Å². The van der Waals surface area contributed by atoms with Crippen LogP contribution >= 0.6 is 12.0 Å². The maximum atomic E-state index is 4.82. The number of fused-ring (bicyclic) bond motifs is 1. The number of nitrogens with one attached hydrogen (secondary N) is 1. The van der Waals surface area contributed by atoms with Crippen molar-refractivity contribution in [3.8, 4) is 0 Å². The summed E-state index contributed by atoms with van der Waals surface area (Å²) in [4.78, 5) is 5.04. The molecule has 9 heavy (non-hydrogen) atoms. The van der Waals surface area contributed by atoms with Crippen LogP contribution < -0.4 is 5.48 Å². The number of hydrogen-bond donors (Lipinski definition) is 1. The van der Waals surface area contributed by atoms with E-state index in [2.05, 4.69) is 10.5 Å². The van der Waals surface area contributed by atoms with Gasteiger partial charge in [0, 0.05) is 6.20 Å². The first-order chi connectivity index (χ1) is 4.47. The summed E-state index contributed by atoms with van der Waals surface area (Å²) in [5.41, 5.74) is 2.65. The van der Waals surface area contributed by atoms with E-state index in [0.717, 1.165) is 10.7 Å². The highest BCUT2D eigenvalue weighted by Crippen LogP contribution is 2.31. The SMILES string of the molecule is c1cnc2c(c1)SON2. The monoisotopic (exact) mass is 140 g/mol. The van der Waals surface area contributed by atoms with Crippen molar-refractivity contribution in [3.05, 3.63) is 18.3 Å². The molecule has 2 rings (SSSR count). The molecule has 0 aromatic carbocycles. The van der Waals surface area contributed by atoms with Crippen LogP contribution in [0.25, 0.3) is 0 Å². The van der Waals surface area contributed by atoms with E-state index in [1.165, 1.54) is 12.0 Å². The minimum atomic E-state index is 0.808. The fourth-order valence-electron chi connectivity index (χ4n) is 0.640. The highest BCUT2D eigenvalue weighted by atomic mass is 32.2. The van der Waals surface area contributed by atoms with Gasteiger partial charge in [-0.1, -0.05) is 0 Å². The van der Waals surface area contributed by atoms with E-state index in [0.29, 0.717) is 0 Å². The first kappa shape index (κ1) is 5.08. The Balaban J connectivity index is 2.54. The van der Waals surface area contributed by atoms with E-state index in [1.54, 1.807) is 6.20 Å². The number of rotatable bonds is 0. The second-order valence-corrected chi connectivity index (χ2v) is 2.39. The molecule has 0 fully saturated rings. The molecule has 1 N–H and O–H groups in total. The zero-order chi connectivity index (χ0) is 6.10. The molecule has 4 heteroatoms. The van der Waals surface area contributed by atoms with Gasteiger partial charge in [0.05, 0.1) is 16.9 Å². The lowest BCUT2D eigenvalue weighted by Gasteiger charge is -1.88. The highest BCUT2D eigenvalue weighted by molar-refractivity contribution is 7.95. The third-order valence-electron chi connectivity index (χ3n) is 1.04. The van der Waals surface area contributed by atoms with Crippen LogP contribution in [-0.4, -0.2) is 4.98 Å². The maximum Gasteiger partial charge on any atom is 0.166 e. The largest absolute Gasteiger partial charge is 0.236 e. The Morgan fingerprint density at radius 3 is 3.56 bits per heavy atom. The van der Waals surface area contributed by atoms with Crippen molar-refractivity contribution in [2.75, 3.05) is 5.48 Å². The van der Waals surface area contributed by atoms with Crippen molar-refractivity contribution >= 4 is 17.9 Å². The summed E-state index contributed by atoms with van der Waals surface area (Å²) in [6, 6.07) is 3.83. The van der Waals surface area contributed by atoms with Crippen LogP contribution in [-0.2, 0) is 4.28 Å². The minimum Gasteiger partial charge on any atom is -0.236 e. The summed E-state index contributed by atoms with van der Waals surface area (Å²) < 4.78 is 4.82. The molecule has 0 spiro atoms. The summed E-state index contributed by atoms with van der Waals surface area (Å²) >= 11 is 1.29. The summed E-state index contributed by atoms with van der Waals surface area (Å²) in [6.07, 6.45) is 1.72. The maximum absolute atomic E-state index is 4.82. The standard InChI is InChI=1S/C5H4N2OS/c1-2-4-5(6-3-1)7-8-9-4/h1-3H,(H,6,7). The molecule has 0 aliphatic carbocycles. The molecule has 1 aromatic rings. The predicted octanol–water partition coefficient (Wildman–Crippen LogP) is 1.45. The van der Waals surface area contributed by atoms with Gasteiger partial charge >= 0.3 is 0 Å². The van der Waals surface area contributed by atoms with Crippen LogP contribution in [0.5, 0.6) is 0 Å². The molecule has 0 unspecified atom stereocenters. The summed E-state index contributed by atoms with van der Waals surface area (Å²) in [5, 5.41) is 0. The molecule has 0 radical (unpaired) electrons. The number of hydrogen-bond acceptors (Lipinski definition) is 4. The van der Waals surface area contributed by atoms with Gasteiger partial charge in [0.2, 0.25) is 0 Å². The average molecular weight is 140 g/mol. The van der Waals surface area contributed by atoms with E-state index < -0.39 is 0 Å². The lowest BCUT2D eigenvalue weighted by atomic mass is 10.5. The fourth-order valence-corrected chi connectivity index (χ4v) is 1.16. The third-order valence-corrected chi connectivity index (χ3v) is 1.72. The Bertz CT molecular complexity index is 205. The zero-order valence-corrected chi connectivity index (χ0v) is 5.31. The third kappa shape index (κ3) is 0.760. The molecule has 0 saturated heterocycles. The van der Waals surface area contributed by atoms with Gasteiger partial charge in [0.1, 0.15) is 0 Å². The van der Waals surface area contributed by atoms with Crippen molar-refractivity contribution in [2.45, 2.75) is 4.90 Å². The highest BCUT2D eigenvalue weighted by Gasteiger charge is 2.10. The van der Waals surface area contributed by atoms with Crippen molar-refractivity contribution < 1.29 is 4.28 Å². The Hall–Kier alpha value is -0.740. The van der Waals surface area contributed by atoms with Crippen molar-refractivity contribution in [2.24, 2.45) is 0 Å². The lowest BCUT2D eigenvalue weighted by molar-refractivity contribution is 0.488. The van der Waals surface area contributed by atoms with Crippen molar-refractivity contribution in [3.63, 3.8) is 0 Å². The van der Waals surface area contributed by atoms with Crippen LogP contribution in [0.3, 0.4) is 0 Å². The van der Waals surface area contributed by atoms with Gasteiger partial charge in [0.25, 0.3) is 0 Å². The van der Waals surface area contributed by atoms with E-state index in [9.17, 15) is 0 Å². The van der Waals surface area contributed by atoms with Crippen molar-refractivity contribution in [1.82, 2.24) is 4.98 Å². The zero-order valence-electron chi connectivity index (χ0n) is 4.50. The molecule has 1 aromatic heterocycles. The molecule has 0 atom stereocenters. The van der Waals surface area contributed by atoms with Gasteiger partial charge in [-0.05, 0) is 12.1 Å². The van der Waals surface area contributed by atoms with E-state index in [4.69, 9.17) is 4.28 Å². The van der Waals surface area contributed by atoms with Gasteiger partial charge in [-0.25, -0.2) is 10.5 Å². The molecule has 0 saturated carbocycles. The van der Waals surface area contributed by atoms with Gasteiger partial charge in [0.15, 0.2) is 5.82 Å². The van der Waals surface area contributed by atoms with Crippen LogP contribution in [0.4, 0.5) is 5.82 Å². The van der Waals surface area contributed by atoms with Crippen LogP contribution in [0, 0.1) is 0 Å². The molecule has 0 bridgehead atoms. The number of nitrogens with zero attached hydrogens (tertiary/aromatic N) is 1. The molecule has 0 amide bonds.